The van der Waals surface area contributed by atoms with Gasteiger partial charge >= 0.3 is 0 Å². The summed E-state index contributed by atoms with van der Waals surface area (Å²) in [6, 6.07) is 11.7. The first-order chi connectivity index (χ1) is 12.2. The van der Waals surface area contributed by atoms with Gasteiger partial charge in [-0.1, -0.05) is 12.1 Å². The van der Waals surface area contributed by atoms with Crippen LogP contribution in [0.25, 0.3) is 0 Å². The number of nitrogens with zero attached hydrogens (tertiary/aromatic N) is 2. The van der Waals surface area contributed by atoms with E-state index >= 15 is 0 Å². The number of fused-ring (bicyclic) bond motifs is 1. The number of nitrogens with one attached hydrogen (secondary N) is 2. The molecule has 3 aromatic rings. The van der Waals surface area contributed by atoms with E-state index < -0.39 is 5.82 Å². The van der Waals surface area contributed by atoms with E-state index in [1.807, 2.05) is 6.07 Å². The zero-order chi connectivity index (χ0) is 17.2. The Kier molecular flexibility index (Phi) is 3.70. The van der Waals surface area contributed by atoms with Crippen LogP contribution >= 0.6 is 0 Å². The highest BCUT2D eigenvalue weighted by Gasteiger charge is 2.15. The zero-order valence-corrected chi connectivity index (χ0v) is 13.0. The Hall–Kier alpha value is -3.55. The Bertz CT molecular complexity index is 935. The van der Waals surface area contributed by atoms with E-state index in [2.05, 4.69) is 20.6 Å². The van der Waals surface area contributed by atoms with Crippen LogP contribution in [0, 0.1) is 5.82 Å². The van der Waals surface area contributed by atoms with Crippen LogP contribution in [0.3, 0.4) is 0 Å². The van der Waals surface area contributed by atoms with Crippen molar-refractivity contribution in [3.8, 4) is 11.5 Å². The minimum absolute atomic E-state index is 0.200. The third kappa shape index (κ3) is 2.97. The average Bonchev–Trinajstić information content (AvgIpc) is 3.08. The van der Waals surface area contributed by atoms with Crippen LogP contribution in [-0.4, -0.2) is 16.8 Å². The molecule has 0 atom stereocenters. The third-order valence-electron chi connectivity index (χ3n) is 3.65. The van der Waals surface area contributed by atoms with Gasteiger partial charge in [0.2, 0.25) is 6.79 Å². The van der Waals surface area contributed by atoms with Crippen molar-refractivity contribution in [1.82, 2.24) is 9.97 Å². The molecule has 8 heteroatoms. The number of rotatable bonds is 4. The van der Waals surface area contributed by atoms with Gasteiger partial charge in [-0.05, 0) is 24.3 Å². The minimum Gasteiger partial charge on any atom is -0.454 e. The second kappa shape index (κ2) is 6.16. The summed E-state index contributed by atoms with van der Waals surface area (Å²) >= 11 is 0. The number of nitrogen functional groups attached to an aromatic ring is 1. The van der Waals surface area contributed by atoms with Crippen molar-refractivity contribution in [2.45, 2.75) is 0 Å². The first kappa shape index (κ1) is 15.0. The minimum atomic E-state index is -0.397. The van der Waals surface area contributed by atoms with Crippen molar-refractivity contribution in [3.05, 3.63) is 54.6 Å². The summed E-state index contributed by atoms with van der Waals surface area (Å²) in [5.74, 6) is 1.63. The molecule has 2 heterocycles. The predicted octanol–water partition coefficient (Wildman–Crippen LogP) is 3.41. The highest BCUT2D eigenvalue weighted by atomic mass is 19.1. The molecule has 1 aliphatic heterocycles. The number of halogens is 1. The van der Waals surface area contributed by atoms with Crippen LogP contribution < -0.4 is 25.8 Å². The lowest BCUT2D eigenvalue weighted by atomic mass is 10.2. The van der Waals surface area contributed by atoms with Gasteiger partial charge in [0.1, 0.15) is 17.8 Å². The van der Waals surface area contributed by atoms with Crippen molar-refractivity contribution in [3.63, 3.8) is 0 Å². The molecular formula is C17H14FN5O2. The first-order valence-electron chi connectivity index (χ1n) is 7.49. The quantitative estimate of drug-likeness (QED) is 0.670. The summed E-state index contributed by atoms with van der Waals surface area (Å²) in [5, 5.41) is 5.97. The maximum absolute atomic E-state index is 13.8. The number of hydrogen-bond acceptors (Lipinski definition) is 7. The number of para-hydroxylation sites is 1. The number of hydrogen-bond donors (Lipinski definition) is 3. The molecule has 7 nitrogen and oxygen atoms in total. The molecule has 0 amide bonds. The number of anilines is 5. The van der Waals surface area contributed by atoms with Gasteiger partial charge in [-0.15, -0.1) is 0 Å². The fraction of sp³-hybridized carbons (Fsp3) is 0.0588. The molecule has 4 N–H and O–H groups in total. The van der Waals surface area contributed by atoms with Gasteiger partial charge < -0.3 is 25.8 Å². The highest BCUT2D eigenvalue weighted by molar-refractivity contribution is 5.80. The van der Waals surface area contributed by atoms with E-state index in [9.17, 15) is 4.39 Å². The molecule has 0 unspecified atom stereocenters. The molecule has 0 fully saturated rings. The second-order valence-corrected chi connectivity index (χ2v) is 5.28. The summed E-state index contributed by atoms with van der Waals surface area (Å²) in [6.07, 6.45) is 1.34. The Balaban J connectivity index is 1.60. The third-order valence-corrected chi connectivity index (χ3v) is 3.65. The second-order valence-electron chi connectivity index (χ2n) is 5.28. The SMILES string of the molecule is Nc1c(Nc2ccc3c(c2)OCO3)ncnc1Nc1ccccc1F. The van der Waals surface area contributed by atoms with Crippen LogP contribution in [0.15, 0.2) is 48.8 Å². The highest BCUT2D eigenvalue weighted by Crippen LogP contribution is 2.36. The van der Waals surface area contributed by atoms with Crippen molar-refractivity contribution in [1.29, 1.82) is 0 Å². The molecule has 1 aliphatic rings. The van der Waals surface area contributed by atoms with Crippen LogP contribution in [0.4, 0.5) is 33.1 Å². The lowest BCUT2D eigenvalue weighted by molar-refractivity contribution is 0.174. The van der Waals surface area contributed by atoms with Crippen molar-refractivity contribution >= 4 is 28.7 Å². The van der Waals surface area contributed by atoms with E-state index in [1.54, 1.807) is 30.3 Å². The van der Waals surface area contributed by atoms with Gasteiger partial charge in [0.05, 0.1) is 5.69 Å². The van der Waals surface area contributed by atoms with Gasteiger partial charge in [-0.25, -0.2) is 14.4 Å². The Labute approximate surface area is 142 Å². The predicted molar refractivity (Wildman–Crippen MR) is 92.0 cm³/mol. The summed E-state index contributed by atoms with van der Waals surface area (Å²) in [4.78, 5) is 8.21. The normalized spacial score (nSPS) is 12.0. The summed E-state index contributed by atoms with van der Waals surface area (Å²) in [6.45, 7) is 0.200. The van der Waals surface area contributed by atoms with Crippen LogP contribution in [-0.2, 0) is 0 Å². The van der Waals surface area contributed by atoms with E-state index in [0.29, 0.717) is 23.1 Å². The van der Waals surface area contributed by atoms with E-state index in [1.165, 1.54) is 12.4 Å². The lowest BCUT2D eigenvalue weighted by Gasteiger charge is -2.13. The van der Waals surface area contributed by atoms with E-state index in [4.69, 9.17) is 15.2 Å². The molecule has 0 aliphatic carbocycles. The largest absolute Gasteiger partial charge is 0.454 e. The Morgan fingerprint density at radius 2 is 1.72 bits per heavy atom. The van der Waals surface area contributed by atoms with E-state index in [-0.39, 0.29) is 18.2 Å². The molecular weight excluding hydrogens is 325 g/mol. The molecule has 1 aromatic heterocycles. The molecule has 2 aromatic carbocycles. The molecule has 0 spiro atoms. The number of aromatic nitrogens is 2. The lowest BCUT2D eigenvalue weighted by Crippen LogP contribution is -2.05. The maximum atomic E-state index is 13.8. The van der Waals surface area contributed by atoms with E-state index in [0.717, 1.165) is 5.69 Å². The summed E-state index contributed by atoms with van der Waals surface area (Å²) in [7, 11) is 0. The smallest absolute Gasteiger partial charge is 0.231 e. The molecule has 0 bridgehead atoms. The van der Waals surface area contributed by atoms with Gasteiger partial charge in [-0.3, -0.25) is 0 Å². The van der Waals surface area contributed by atoms with Gasteiger partial charge in [0, 0.05) is 11.8 Å². The van der Waals surface area contributed by atoms with Gasteiger partial charge in [0.15, 0.2) is 23.1 Å². The monoisotopic (exact) mass is 339 g/mol. The molecule has 126 valence electrons. The Morgan fingerprint density at radius 1 is 0.960 bits per heavy atom. The average molecular weight is 339 g/mol. The molecule has 4 rings (SSSR count). The molecule has 0 saturated heterocycles. The number of nitrogens with two attached hydrogens (primary N) is 1. The summed E-state index contributed by atoms with van der Waals surface area (Å²) in [5.41, 5.74) is 7.39. The van der Waals surface area contributed by atoms with Crippen molar-refractivity contribution in [2.75, 3.05) is 23.2 Å². The van der Waals surface area contributed by atoms with Crippen LogP contribution in [0.1, 0.15) is 0 Å². The molecule has 25 heavy (non-hydrogen) atoms. The maximum Gasteiger partial charge on any atom is 0.231 e. The number of ether oxygens (including phenoxy) is 2. The number of benzene rings is 2. The van der Waals surface area contributed by atoms with Gasteiger partial charge in [0.25, 0.3) is 0 Å². The van der Waals surface area contributed by atoms with Crippen LogP contribution in [0.5, 0.6) is 11.5 Å². The van der Waals surface area contributed by atoms with Crippen molar-refractivity contribution in [2.24, 2.45) is 0 Å². The zero-order valence-electron chi connectivity index (χ0n) is 13.0. The molecule has 0 saturated carbocycles. The van der Waals surface area contributed by atoms with Crippen molar-refractivity contribution < 1.29 is 13.9 Å². The first-order valence-corrected chi connectivity index (χ1v) is 7.49. The summed E-state index contributed by atoms with van der Waals surface area (Å²) < 4.78 is 24.4. The fourth-order valence-electron chi connectivity index (χ4n) is 2.40. The van der Waals surface area contributed by atoms with Gasteiger partial charge in [-0.2, -0.15) is 0 Å². The fourth-order valence-corrected chi connectivity index (χ4v) is 2.40. The topological polar surface area (TPSA) is 94.3 Å². The molecule has 0 radical (unpaired) electrons. The van der Waals surface area contributed by atoms with Crippen LogP contribution in [0.2, 0.25) is 0 Å². The Morgan fingerprint density at radius 3 is 2.56 bits per heavy atom. The standard InChI is InChI=1S/C17H14FN5O2/c18-11-3-1-2-4-12(11)23-17-15(19)16(20-8-21-17)22-10-5-6-13-14(7-10)25-9-24-13/h1-8H,9,19H2,(H2,20,21,22,23).